The molecule has 0 bridgehead atoms. The summed E-state index contributed by atoms with van der Waals surface area (Å²) >= 11 is 0.653. The zero-order chi connectivity index (χ0) is 8.43. The summed E-state index contributed by atoms with van der Waals surface area (Å²) in [6.45, 7) is 0. The number of carbonyl (C=O) groups is 2. The Kier molecular flexibility index (Phi) is 1.81. The van der Waals surface area contributed by atoms with Gasteiger partial charge in [-0.05, 0) is 0 Å². The van der Waals surface area contributed by atoms with E-state index in [9.17, 15) is 9.59 Å². The zero-order valence-electron chi connectivity index (χ0n) is 5.14. The summed E-state index contributed by atoms with van der Waals surface area (Å²) in [5.41, 5.74) is 4.80. The Labute approximate surface area is 64.7 Å². The lowest BCUT2D eigenvalue weighted by Crippen LogP contribution is -2.10. The third-order valence-corrected chi connectivity index (χ3v) is 1.74. The highest BCUT2D eigenvalue weighted by atomic mass is 32.1. The average molecular weight is 173 g/mol. The fourth-order valence-electron chi connectivity index (χ4n) is 0.409. The van der Waals surface area contributed by atoms with Gasteiger partial charge in [0, 0.05) is 0 Å². The fraction of sp³-hybridized carbons (Fsp3) is 0. The largest absolute Gasteiger partial charge is 0.476 e. The van der Waals surface area contributed by atoms with E-state index >= 15 is 0 Å². The maximum atomic E-state index is 10.4. The van der Waals surface area contributed by atoms with Crippen molar-refractivity contribution in [3.05, 3.63) is 10.0 Å². The van der Waals surface area contributed by atoms with Crippen LogP contribution in [0.5, 0.6) is 0 Å². The molecule has 0 unspecified atom stereocenters. The smallest absolute Gasteiger partial charge is 0.367 e. The van der Waals surface area contributed by atoms with Crippen LogP contribution in [0.25, 0.3) is 0 Å². The van der Waals surface area contributed by atoms with Crippen LogP contribution in [0.2, 0.25) is 0 Å². The van der Waals surface area contributed by atoms with E-state index < -0.39 is 11.9 Å². The highest BCUT2D eigenvalue weighted by Crippen LogP contribution is 2.07. The van der Waals surface area contributed by atoms with Crippen molar-refractivity contribution in [2.75, 3.05) is 0 Å². The van der Waals surface area contributed by atoms with Crippen LogP contribution in [0.15, 0.2) is 0 Å². The lowest BCUT2D eigenvalue weighted by Gasteiger charge is -1.79. The second-order valence-corrected chi connectivity index (χ2v) is 2.56. The molecule has 1 aromatic heterocycles. The van der Waals surface area contributed by atoms with E-state index in [1.807, 2.05) is 0 Å². The topological polar surface area (TPSA) is 106 Å². The van der Waals surface area contributed by atoms with Crippen molar-refractivity contribution in [3.63, 3.8) is 0 Å². The van der Waals surface area contributed by atoms with Gasteiger partial charge in [-0.2, -0.15) is 0 Å². The molecule has 1 heterocycles. The van der Waals surface area contributed by atoms with Crippen LogP contribution < -0.4 is 5.73 Å². The number of hydrogen-bond donors (Lipinski definition) is 2. The number of amides is 1. The summed E-state index contributed by atoms with van der Waals surface area (Å²) in [7, 11) is 0. The lowest BCUT2D eigenvalue weighted by atomic mass is 10.7. The normalized spacial score (nSPS) is 9.45. The summed E-state index contributed by atoms with van der Waals surface area (Å²) in [6, 6.07) is 0. The number of nitrogens with zero attached hydrogens (tertiary/aromatic N) is 2. The predicted molar refractivity (Wildman–Crippen MR) is 35.4 cm³/mol. The van der Waals surface area contributed by atoms with Crippen molar-refractivity contribution >= 4 is 23.2 Å². The van der Waals surface area contributed by atoms with E-state index in [0.717, 1.165) is 0 Å². The minimum atomic E-state index is -1.21. The van der Waals surface area contributed by atoms with Gasteiger partial charge >= 0.3 is 5.97 Å². The average Bonchev–Trinajstić information content (AvgIpc) is 2.33. The Hall–Kier alpha value is -1.50. The third kappa shape index (κ3) is 1.49. The molecule has 58 valence electrons. The van der Waals surface area contributed by atoms with Crippen LogP contribution in [0.3, 0.4) is 0 Å². The number of aromatic carboxylic acids is 1. The highest BCUT2D eigenvalue weighted by Gasteiger charge is 2.13. The highest BCUT2D eigenvalue weighted by molar-refractivity contribution is 7.15. The summed E-state index contributed by atoms with van der Waals surface area (Å²) in [5, 5.41) is 14.5. The Balaban J connectivity index is 2.99. The minimum absolute atomic E-state index is 0.0950. The first kappa shape index (κ1) is 7.61. The van der Waals surface area contributed by atoms with E-state index in [1.54, 1.807) is 0 Å². The summed E-state index contributed by atoms with van der Waals surface area (Å²) in [4.78, 5) is 20.6. The monoisotopic (exact) mass is 173 g/mol. The van der Waals surface area contributed by atoms with Crippen molar-refractivity contribution in [2.45, 2.75) is 0 Å². The predicted octanol–water partition coefficient (Wildman–Crippen LogP) is -0.665. The standard InChI is InChI=1S/C4H3N3O3S/c5-1(8)2-6-7-3(11-2)4(9)10/h(H2,5,8)(H,9,10). The molecule has 0 fully saturated rings. The van der Waals surface area contributed by atoms with Gasteiger partial charge in [0.1, 0.15) is 0 Å². The molecular weight excluding hydrogens is 170 g/mol. The molecule has 0 saturated heterocycles. The van der Waals surface area contributed by atoms with Gasteiger partial charge < -0.3 is 10.8 Å². The number of carboxylic acids is 1. The molecule has 0 radical (unpaired) electrons. The van der Waals surface area contributed by atoms with E-state index in [0.29, 0.717) is 11.3 Å². The fourth-order valence-corrected chi connectivity index (χ4v) is 0.944. The van der Waals surface area contributed by atoms with Crippen LogP contribution >= 0.6 is 11.3 Å². The van der Waals surface area contributed by atoms with Gasteiger partial charge in [0.05, 0.1) is 0 Å². The van der Waals surface area contributed by atoms with Crippen LogP contribution in [-0.2, 0) is 0 Å². The first-order valence-electron chi connectivity index (χ1n) is 2.48. The van der Waals surface area contributed by atoms with E-state index in [2.05, 4.69) is 10.2 Å². The molecule has 0 aliphatic rings. The SMILES string of the molecule is NC(=O)c1nnc(C(=O)O)s1. The van der Waals surface area contributed by atoms with E-state index in [-0.39, 0.29) is 10.0 Å². The van der Waals surface area contributed by atoms with Gasteiger partial charge in [-0.3, -0.25) is 4.79 Å². The minimum Gasteiger partial charge on any atom is -0.476 e. The van der Waals surface area contributed by atoms with Crippen LogP contribution in [0.1, 0.15) is 19.6 Å². The van der Waals surface area contributed by atoms with Gasteiger partial charge in [0.15, 0.2) is 0 Å². The second kappa shape index (κ2) is 2.62. The molecule has 1 rings (SSSR count). The van der Waals surface area contributed by atoms with Gasteiger partial charge in [0.25, 0.3) is 5.91 Å². The lowest BCUT2D eigenvalue weighted by molar-refractivity contribution is 0.0695. The molecule has 1 aromatic rings. The van der Waals surface area contributed by atoms with Crippen molar-refractivity contribution in [1.82, 2.24) is 10.2 Å². The molecule has 0 aliphatic carbocycles. The zero-order valence-corrected chi connectivity index (χ0v) is 5.96. The van der Waals surface area contributed by atoms with Gasteiger partial charge in [-0.15, -0.1) is 10.2 Å². The Bertz CT molecular complexity index is 279. The van der Waals surface area contributed by atoms with Crippen molar-refractivity contribution < 1.29 is 14.7 Å². The molecule has 0 spiro atoms. The van der Waals surface area contributed by atoms with Gasteiger partial charge in [-0.25, -0.2) is 4.79 Å². The summed E-state index contributed by atoms with van der Waals surface area (Å²) < 4.78 is 0. The molecule has 0 saturated carbocycles. The molecule has 11 heavy (non-hydrogen) atoms. The van der Waals surface area contributed by atoms with E-state index in [1.165, 1.54) is 0 Å². The van der Waals surface area contributed by atoms with Crippen LogP contribution in [0.4, 0.5) is 0 Å². The molecule has 3 N–H and O–H groups in total. The Morgan fingerprint density at radius 2 is 1.91 bits per heavy atom. The van der Waals surface area contributed by atoms with Crippen molar-refractivity contribution in [2.24, 2.45) is 5.73 Å². The number of nitrogens with two attached hydrogens (primary N) is 1. The molecule has 0 aromatic carbocycles. The maximum Gasteiger partial charge on any atom is 0.367 e. The second-order valence-electron chi connectivity index (χ2n) is 1.58. The van der Waals surface area contributed by atoms with Crippen molar-refractivity contribution in [3.8, 4) is 0 Å². The number of aromatic nitrogens is 2. The summed E-state index contributed by atoms with van der Waals surface area (Å²) in [5.74, 6) is -1.98. The Morgan fingerprint density at radius 3 is 2.18 bits per heavy atom. The molecule has 7 heteroatoms. The van der Waals surface area contributed by atoms with Crippen LogP contribution in [0, 0.1) is 0 Å². The van der Waals surface area contributed by atoms with E-state index in [4.69, 9.17) is 10.8 Å². The number of primary amides is 1. The number of carbonyl (C=O) groups excluding carboxylic acids is 1. The van der Waals surface area contributed by atoms with Gasteiger partial charge in [0.2, 0.25) is 10.0 Å². The third-order valence-electron chi connectivity index (χ3n) is 0.819. The van der Waals surface area contributed by atoms with Gasteiger partial charge in [-0.1, -0.05) is 11.3 Å². The van der Waals surface area contributed by atoms with Crippen molar-refractivity contribution in [1.29, 1.82) is 0 Å². The first-order valence-corrected chi connectivity index (χ1v) is 3.29. The van der Waals surface area contributed by atoms with Crippen LogP contribution in [-0.4, -0.2) is 27.2 Å². The number of hydrogen-bond acceptors (Lipinski definition) is 5. The summed E-state index contributed by atoms with van der Waals surface area (Å²) in [6.07, 6.45) is 0. The molecular formula is C4H3N3O3S. The molecule has 0 atom stereocenters. The molecule has 0 aliphatic heterocycles. The first-order chi connectivity index (χ1) is 5.11. The quantitative estimate of drug-likeness (QED) is 0.617. The molecule has 1 amide bonds. The number of carboxylic acid groups (broad SMARTS) is 1. The number of rotatable bonds is 2. The Morgan fingerprint density at radius 1 is 1.36 bits per heavy atom. The maximum absolute atomic E-state index is 10.4. The molecule has 6 nitrogen and oxygen atoms in total.